The molecule has 0 spiro atoms. The first-order valence-corrected chi connectivity index (χ1v) is 8.66. The van der Waals surface area contributed by atoms with E-state index in [4.69, 9.17) is 4.74 Å². The van der Waals surface area contributed by atoms with E-state index in [1.165, 1.54) is 12.1 Å². The molecule has 0 atom stereocenters. The lowest BCUT2D eigenvalue weighted by atomic mass is 10.2. The van der Waals surface area contributed by atoms with Gasteiger partial charge in [0.15, 0.2) is 12.4 Å². The number of amides is 1. The third kappa shape index (κ3) is 5.20. The number of aromatic nitrogens is 2. The molecular weight excluding hydrogens is 376 g/mol. The fraction of sp³-hybridized carbons (Fsp3) is 0.167. The number of alkyl halides is 2. The van der Waals surface area contributed by atoms with Crippen LogP contribution in [-0.2, 0) is 4.79 Å². The molecule has 0 saturated heterocycles. The number of rotatable bonds is 7. The molecule has 1 heterocycles. The lowest BCUT2D eigenvalue weighted by Gasteiger charge is -2.07. The van der Waals surface area contributed by atoms with Crippen molar-refractivity contribution in [2.24, 2.45) is 0 Å². The number of anilines is 1. The summed E-state index contributed by atoms with van der Waals surface area (Å²) in [6.45, 7) is -1.14. The topological polar surface area (TPSA) is 73.3 Å². The van der Waals surface area contributed by atoms with Gasteiger partial charge in [0.2, 0.25) is 5.13 Å². The van der Waals surface area contributed by atoms with Crippen molar-refractivity contribution in [3.05, 3.63) is 54.1 Å². The molecule has 1 aromatic heterocycles. The number of hydrogen-bond acceptors (Lipinski definition) is 6. The van der Waals surface area contributed by atoms with Crippen LogP contribution < -0.4 is 14.8 Å². The molecule has 0 aliphatic carbocycles. The Kier molecular flexibility index (Phi) is 5.92. The molecule has 0 aliphatic heterocycles. The zero-order valence-corrected chi connectivity index (χ0v) is 15.0. The average Bonchev–Trinajstić information content (AvgIpc) is 3.09. The Morgan fingerprint density at radius 2 is 1.93 bits per heavy atom. The smallest absolute Gasteiger partial charge is 0.387 e. The largest absolute Gasteiger partial charge is 0.483 e. The van der Waals surface area contributed by atoms with Gasteiger partial charge in [-0.1, -0.05) is 18.2 Å². The Morgan fingerprint density at radius 1 is 1.19 bits per heavy atom. The number of nitrogens with zero attached hydrogens (tertiary/aromatic N) is 2. The van der Waals surface area contributed by atoms with Gasteiger partial charge in [-0.05, 0) is 42.8 Å². The van der Waals surface area contributed by atoms with Gasteiger partial charge in [-0.25, -0.2) is 0 Å². The fourth-order valence-electron chi connectivity index (χ4n) is 2.19. The molecule has 1 amide bonds. The molecule has 3 rings (SSSR count). The number of halogens is 2. The van der Waals surface area contributed by atoms with Crippen LogP contribution in [0.2, 0.25) is 0 Å². The van der Waals surface area contributed by atoms with E-state index >= 15 is 0 Å². The summed E-state index contributed by atoms with van der Waals surface area (Å²) in [7, 11) is 0. The second-order valence-electron chi connectivity index (χ2n) is 5.43. The molecule has 1 N–H and O–H groups in total. The van der Waals surface area contributed by atoms with E-state index in [1.807, 2.05) is 25.1 Å². The number of ether oxygens (including phenoxy) is 2. The van der Waals surface area contributed by atoms with E-state index in [1.54, 1.807) is 18.2 Å². The SMILES string of the molecule is Cc1ccccc1OCC(=O)Nc1nc(-c2ccc(OC(F)F)cc2)ns1. The molecule has 2 aromatic carbocycles. The first-order chi connectivity index (χ1) is 13.0. The van der Waals surface area contributed by atoms with Gasteiger partial charge in [-0.3, -0.25) is 10.1 Å². The van der Waals surface area contributed by atoms with E-state index in [0.29, 0.717) is 22.3 Å². The van der Waals surface area contributed by atoms with E-state index in [0.717, 1.165) is 17.1 Å². The summed E-state index contributed by atoms with van der Waals surface area (Å²) < 4.78 is 38.2. The molecule has 0 radical (unpaired) electrons. The Bertz CT molecular complexity index is 916. The molecule has 6 nitrogen and oxygen atoms in total. The zero-order chi connectivity index (χ0) is 19.2. The summed E-state index contributed by atoms with van der Waals surface area (Å²) >= 11 is 1.01. The van der Waals surface area contributed by atoms with Crippen LogP contribution in [-0.4, -0.2) is 28.5 Å². The summed E-state index contributed by atoms with van der Waals surface area (Å²) in [5.41, 5.74) is 1.55. The maximum absolute atomic E-state index is 12.2. The van der Waals surface area contributed by atoms with Crippen LogP contribution in [0.1, 0.15) is 5.56 Å². The Labute approximate surface area is 157 Å². The maximum Gasteiger partial charge on any atom is 0.387 e. The first kappa shape index (κ1) is 18.7. The Balaban J connectivity index is 1.57. The minimum atomic E-state index is -2.88. The van der Waals surface area contributed by atoms with Gasteiger partial charge in [0.25, 0.3) is 5.91 Å². The molecule has 0 unspecified atom stereocenters. The number of benzene rings is 2. The van der Waals surface area contributed by atoms with Gasteiger partial charge in [0.05, 0.1) is 0 Å². The second kappa shape index (κ2) is 8.54. The van der Waals surface area contributed by atoms with Gasteiger partial charge in [-0.15, -0.1) is 0 Å². The summed E-state index contributed by atoms with van der Waals surface area (Å²) in [4.78, 5) is 16.2. The van der Waals surface area contributed by atoms with Gasteiger partial charge < -0.3 is 9.47 Å². The number of carbonyl (C=O) groups excluding carboxylic acids is 1. The number of hydrogen-bond donors (Lipinski definition) is 1. The van der Waals surface area contributed by atoms with Crippen molar-refractivity contribution in [2.45, 2.75) is 13.5 Å². The number of carbonyl (C=O) groups is 1. The molecule has 9 heteroatoms. The zero-order valence-electron chi connectivity index (χ0n) is 14.2. The second-order valence-corrected chi connectivity index (χ2v) is 6.18. The van der Waals surface area contributed by atoms with Gasteiger partial charge in [0, 0.05) is 17.1 Å². The van der Waals surface area contributed by atoms with E-state index in [9.17, 15) is 13.6 Å². The first-order valence-electron chi connectivity index (χ1n) is 7.88. The molecule has 140 valence electrons. The normalized spacial score (nSPS) is 10.7. The quantitative estimate of drug-likeness (QED) is 0.656. The van der Waals surface area contributed by atoms with Crippen LogP contribution in [0.3, 0.4) is 0 Å². The molecule has 0 fully saturated rings. The lowest BCUT2D eigenvalue weighted by Crippen LogP contribution is -2.20. The minimum absolute atomic E-state index is 0.0471. The van der Waals surface area contributed by atoms with Crippen LogP contribution in [0.25, 0.3) is 11.4 Å². The standard InChI is InChI=1S/C18H15F2N3O3S/c1-11-4-2-3-5-14(11)25-10-15(24)21-18-22-16(23-27-18)12-6-8-13(9-7-12)26-17(19)20/h2-9,17H,10H2,1H3,(H,21,22,23,24). The van der Waals surface area contributed by atoms with Crippen molar-refractivity contribution >= 4 is 22.6 Å². The third-order valence-corrected chi connectivity index (χ3v) is 4.09. The highest BCUT2D eigenvalue weighted by molar-refractivity contribution is 7.10. The molecule has 3 aromatic rings. The summed E-state index contributed by atoms with van der Waals surface area (Å²) in [5, 5.41) is 2.93. The van der Waals surface area contributed by atoms with E-state index in [-0.39, 0.29) is 18.3 Å². The highest BCUT2D eigenvalue weighted by Gasteiger charge is 2.11. The van der Waals surface area contributed by atoms with E-state index in [2.05, 4.69) is 19.4 Å². The predicted molar refractivity (Wildman–Crippen MR) is 97.3 cm³/mol. The van der Waals surface area contributed by atoms with Gasteiger partial charge >= 0.3 is 6.61 Å². The lowest BCUT2D eigenvalue weighted by molar-refractivity contribution is -0.118. The van der Waals surface area contributed by atoms with Crippen LogP contribution >= 0.6 is 11.5 Å². The molecule has 0 aliphatic rings. The summed E-state index contributed by atoms with van der Waals surface area (Å²) in [5.74, 6) is 0.697. The van der Waals surface area contributed by atoms with Crippen LogP contribution in [0.4, 0.5) is 13.9 Å². The average molecular weight is 391 g/mol. The van der Waals surface area contributed by atoms with Crippen molar-refractivity contribution in [3.63, 3.8) is 0 Å². The number of para-hydroxylation sites is 1. The molecule has 27 heavy (non-hydrogen) atoms. The van der Waals surface area contributed by atoms with Crippen molar-refractivity contribution < 1.29 is 23.0 Å². The Hall–Kier alpha value is -3.07. The van der Waals surface area contributed by atoms with E-state index < -0.39 is 6.61 Å². The highest BCUT2D eigenvalue weighted by atomic mass is 32.1. The van der Waals surface area contributed by atoms with Crippen molar-refractivity contribution in [2.75, 3.05) is 11.9 Å². The number of aryl methyl sites for hydroxylation is 1. The van der Waals surface area contributed by atoms with Crippen LogP contribution in [0, 0.1) is 6.92 Å². The highest BCUT2D eigenvalue weighted by Crippen LogP contribution is 2.24. The minimum Gasteiger partial charge on any atom is -0.483 e. The van der Waals surface area contributed by atoms with Gasteiger partial charge in [-0.2, -0.15) is 18.1 Å². The number of nitrogens with one attached hydrogen (secondary N) is 1. The third-order valence-electron chi connectivity index (χ3n) is 3.46. The van der Waals surface area contributed by atoms with Crippen LogP contribution in [0.5, 0.6) is 11.5 Å². The summed E-state index contributed by atoms with van der Waals surface area (Å²) in [6.07, 6.45) is 0. The molecular formula is C18H15F2N3O3S. The fourth-order valence-corrected chi connectivity index (χ4v) is 2.80. The van der Waals surface area contributed by atoms with Crippen LogP contribution in [0.15, 0.2) is 48.5 Å². The molecule has 0 bridgehead atoms. The van der Waals surface area contributed by atoms with Crippen molar-refractivity contribution in [1.29, 1.82) is 0 Å². The molecule has 0 saturated carbocycles. The predicted octanol–water partition coefficient (Wildman–Crippen LogP) is 4.13. The van der Waals surface area contributed by atoms with Crippen molar-refractivity contribution in [3.8, 4) is 22.9 Å². The maximum atomic E-state index is 12.2. The summed E-state index contributed by atoms with van der Waals surface area (Å²) in [6, 6.07) is 13.3. The van der Waals surface area contributed by atoms with Crippen molar-refractivity contribution in [1.82, 2.24) is 9.36 Å². The monoisotopic (exact) mass is 391 g/mol. The van der Waals surface area contributed by atoms with Gasteiger partial charge in [0.1, 0.15) is 11.5 Å². The Morgan fingerprint density at radius 3 is 2.63 bits per heavy atom.